The lowest BCUT2D eigenvalue weighted by Crippen LogP contribution is -2.45. The minimum atomic E-state index is -0.755. The molecule has 21 heavy (non-hydrogen) atoms. The number of rotatable bonds is 5. The van der Waals surface area contributed by atoms with E-state index in [1.165, 1.54) is 19.3 Å². The van der Waals surface area contributed by atoms with Crippen molar-refractivity contribution in [1.82, 2.24) is 4.90 Å². The van der Waals surface area contributed by atoms with Gasteiger partial charge in [-0.3, -0.25) is 0 Å². The zero-order valence-electron chi connectivity index (χ0n) is 13.5. The highest BCUT2D eigenvalue weighted by Gasteiger charge is 2.43. The van der Waals surface area contributed by atoms with Crippen LogP contribution in [0.3, 0.4) is 0 Å². The maximum absolute atomic E-state index is 11.6. The summed E-state index contributed by atoms with van der Waals surface area (Å²) in [5.41, 5.74) is 0.267. The van der Waals surface area contributed by atoms with Crippen molar-refractivity contribution < 1.29 is 5.11 Å². The molecule has 0 heterocycles. The summed E-state index contributed by atoms with van der Waals surface area (Å²) in [5.74, 6) is 0.541. The Bertz CT molecular complexity index is 439. The molecule has 118 valence electrons. The molecule has 1 saturated carbocycles. The van der Waals surface area contributed by atoms with Crippen LogP contribution in [0.2, 0.25) is 5.02 Å². The van der Waals surface area contributed by atoms with E-state index in [1.54, 1.807) is 0 Å². The molecule has 1 aliphatic carbocycles. The summed E-state index contributed by atoms with van der Waals surface area (Å²) < 4.78 is 0. The van der Waals surface area contributed by atoms with Crippen LogP contribution in [0.15, 0.2) is 24.3 Å². The average Bonchev–Trinajstić information content (AvgIpc) is 2.47. The van der Waals surface area contributed by atoms with Gasteiger partial charge in [-0.25, -0.2) is 0 Å². The lowest BCUT2D eigenvalue weighted by Gasteiger charge is -2.44. The fraction of sp³-hybridized carbons (Fsp3) is 0.667. The largest absolute Gasteiger partial charge is 0.385 e. The number of nitrogens with zero attached hydrogens (tertiary/aromatic N) is 1. The Kier molecular flexibility index (Phi) is 5.70. The topological polar surface area (TPSA) is 23.5 Å². The maximum Gasteiger partial charge on any atom is 0.0962 e. The smallest absolute Gasteiger partial charge is 0.0962 e. The minimum Gasteiger partial charge on any atom is -0.385 e. The first-order valence-corrected chi connectivity index (χ1v) is 8.45. The van der Waals surface area contributed by atoms with Crippen LogP contribution in [0, 0.1) is 11.8 Å². The van der Waals surface area contributed by atoms with Gasteiger partial charge in [0.25, 0.3) is 0 Å². The van der Waals surface area contributed by atoms with Crippen molar-refractivity contribution in [3.8, 4) is 0 Å². The molecule has 0 bridgehead atoms. The Morgan fingerprint density at radius 2 is 1.76 bits per heavy atom. The maximum atomic E-state index is 11.6. The highest BCUT2D eigenvalue weighted by atomic mass is 35.5. The van der Waals surface area contributed by atoms with Crippen LogP contribution >= 0.6 is 11.6 Å². The van der Waals surface area contributed by atoms with Crippen molar-refractivity contribution in [2.24, 2.45) is 11.8 Å². The van der Waals surface area contributed by atoms with Crippen LogP contribution < -0.4 is 0 Å². The van der Waals surface area contributed by atoms with Gasteiger partial charge in [-0.05, 0) is 50.6 Å². The van der Waals surface area contributed by atoms with E-state index in [4.69, 9.17) is 11.6 Å². The third-order valence-corrected chi connectivity index (χ3v) is 5.18. The summed E-state index contributed by atoms with van der Waals surface area (Å²) in [4.78, 5) is 2.16. The molecular weight excluding hydrogens is 282 g/mol. The van der Waals surface area contributed by atoms with Gasteiger partial charge in [0.05, 0.1) is 5.60 Å². The van der Waals surface area contributed by atoms with Gasteiger partial charge in [-0.1, -0.05) is 49.9 Å². The lowest BCUT2D eigenvalue weighted by molar-refractivity contribution is -0.0883. The third-order valence-electron chi connectivity index (χ3n) is 4.92. The van der Waals surface area contributed by atoms with Gasteiger partial charge in [0.2, 0.25) is 0 Å². The van der Waals surface area contributed by atoms with Crippen LogP contribution in [0.5, 0.6) is 0 Å². The lowest BCUT2D eigenvalue weighted by atomic mass is 9.67. The van der Waals surface area contributed by atoms with Crippen molar-refractivity contribution in [3.63, 3.8) is 0 Å². The molecule has 1 aromatic rings. The van der Waals surface area contributed by atoms with Gasteiger partial charge in [-0.15, -0.1) is 0 Å². The number of hydrogen-bond acceptors (Lipinski definition) is 2. The average molecular weight is 310 g/mol. The Balaban J connectivity index is 2.34. The first-order chi connectivity index (χ1) is 9.94. The van der Waals surface area contributed by atoms with Crippen LogP contribution in [-0.4, -0.2) is 30.6 Å². The second kappa shape index (κ2) is 7.13. The SMILES string of the molecule is C[C@H](CN(C)C)[C@@](O)(c1ccc(Cl)cc1)C1CCCCC1. The Morgan fingerprint density at radius 1 is 1.19 bits per heavy atom. The number of aliphatic hydroxyl groups is 1. The van der Waals surface area contributed by atoms with Crippen molar-refractivity contribution in [3.05, 3.63) is 34.9 Å². The van der Waals surface area contributed by atoms with Crippen LogP contribution in [0.1, 0.15) is 44.6 Å². The van der Waals surface area contributed by atoms with E-state index in [0.717, 1.165) is 30.0 Å². The highest BCUT2D eigenvalue weighted by molar-refractivity contribution is 6.30. The molecule has 0 amide bonds. The van der Waals surface area contributed by atoms with Crippen LogP contribution in [0.4, 0.5) is 0 Å². The van der Waals surface area contributed by atoms with Crippen molar-refractivity contribution >= 4 is 11.6 Å². The molecule has 1 aliphatic rings. The molecule has 0 spiro atoms. The van der Waals surface area contributed by atoms with Crippen LogP contribution in [0.25, 0.3) is 0 Å². The highest BCUT2D eigenvalue weighted by Crippen LogP contribution is 2.44. The Hall–Kier alpha value is -0.570. The monoisotopic (exact) mass is 309 g/mol. The zero-order valence-corrected chi connectivity index (χ0v) is 14.2. The number of benzene rings is 1. The quantitative estimate of drug-likeness (QED) is 0.876. The fourth-order valence-electron chi connectivity index (χ4n) is 3.87. The second-order valence-electron chi connectivity index (χ2n) is 6.83. The summed E-state index contributed by atoms with van der Waals surface area (Å²) in [5, 5.41) is 12.4. The molecule has 1 N–H and O–H groups in total. The first-order valence-electron chi connectivity index (χ1n) is 8.07. The fourth-order valence-corrected chi connectivity index (χ4v) is 4.00. The molecule has 1 fully saturated rings. The summed E-state index contributed by atoms with van der Waals surface area (Å²) in [6.45, 7) is 3.05. The van der Waals surface area contributed by atoms with Crippen molar-refractivity contribution in [2.45, 2.75) is 44.6 Å². The van der Waals surface area contributed by atoms with E-state index < -0.39 is 5.60 Å². The Labute approximate surface area is 134 Å². The van der Waals surface area contributed by atoms with Gasteiger partial charge in [0.15, 0.2) is 0 Å². The van der Waals surface area contributed by atoms with Crippen molar-refractivity contribution in [1.29, 1.82) is 0 Å². The predicted octanol–water partition coefficient (Wildman–Crippen LogP) is 4.31. The number of hydrogen-bond donors (Lipinski definition) is 1. The zero-order chi connectivity index (χ0) is 15.5. The standard InChI is InChI=1S/C18H28ClNO/c1-14(13-20(2)3)18(21,15-7-5-4-6-8-15)16-9-11-17(19)12-10-16/h9-12,14-15,21H,4-8,13H2,1-3H3/t14-,18+/m1/s1. The third kappa shape index (κ3) is 3.80. The van der Waals surface area contributed by atoms with Gasteiger partial charge < -0.3 is 10.0 Å². The van der Waals surface area contributed by atoms with Gasteiger partial charge in [0, 0.05) is 17.5 Å². The normalized spacial score (nSPS) is 21.2. The van der Waals surface area contributed by atoms with Gasteiger partial charge in [-0.2, -0.15) is 0 Å². The van der Waals surface area contributed by atoms with E-state index in [-0.39, 0.29) is 5.92 Å². The number of halogens is 1. The van der Waals surface area contributed by atoms with Gasteiger partial charge >= 0.3 is 0 Å². The molecule has 0 saturated heterocycles. The van der Waals surface area contributed by atoms with Crippen molar-refractivity contribution in [2.75, 3.05) is 20.6 Å². The summed E-state index contributed by atoms with van der Waals surface area (Å²) in [6.07, 6.45) is 6.01. The Morgan fingerprint density at radius 3 is 2.29 bits per heavy atom. The summed E-state index contributed by atoms with van der Waals surface area (Å²) in [6, 6.07) is 7.80. The molecule has 0 aliphatic heterocycles. The summed E-state index contributed by atoms with van der Waals surface area (Å²) in [7, 11) is 4.14. The molecule has 3 heteroatoms. The molecule has 2 rings (SSSR count). The molecule has 2 nitrogen and oxygen atoms in total. The second-order valence-corrected chi connectivity index (χ2v) is 7.27. The van der Waals surface area contributed by atoms with E-state index in [0.29, 0.717) is 5.92 Å². The summed E-state index contributed by atoms with van der Waals surface area (Å²) >= 11 is 6.02. The van der Waals surface area contributed by atoms with Gasteiger partial charge in [0.1, 0.15) is 0 Å². The van der Waals surface area contributed by atoms with E-state index >= 15 is 0 Å². The predicted molar refractivity (Wildman–Crippen MR) is 89.6 cm³/mol. The molecule has 0 aromatic heterocycles. The minimum absolute atomic E-state index is 0.191. The van der Waals surface area contributed by atoms with Crippen LogP contribution in [-0.2, 0) is 5.60 Å². The molecule has 1 aromatic carbocycles. The molecule has 2 atom stereocenters. The van der Waals surface area contributed by atoms with E-state index in [1.807, 2.05) is 24.3 Å². The first kappa shape index (κ1) is 16.8. The van der Waals surface area contributed by atoms with E-state index in [9.17, 15) is 5.11 Å². The molecule has 0 unspecified atom stereocenters. The molecular formula is C18H28ClNO. The van der Waals surface area contributed by atoms with E-state index in [2.05, 4.69) is 25.9 Å². The molecule has 0 radical (unpaired) electrons.